The lowest BCUT2D eigenvalue weighted by atomic mass is 10.2. The van der Waals surface area contributed by atoms with E-state index in [9.17, 15) is 9.59 Å². The van der Waals surface area contributed by atoms with Crippen LogP contribution < -0.4 is 11.2 Å². The molecular formula is C13H12BrN3O2. The number of aliphatic imine (C=N–C) groups is 1. The molecule has 0 aliphatic rings. The van der Waals surface area contributed by atoms with E-state index in [1.807, 2.05) is 24.3 Å². The highest BCUT2D eigenvalue weighted by Gasteiger charge is 2.04. The van der Waals surface area contributed by atoms with Crippen molar-refractivity contribution >= 4 is 28.0 Å². The standard InChI is InChI=1S/C13H12BrN3O2/c1-16-11(7-12(18)17(2)13(16)19)15-8-9-5-3-4-6-10(9)14/h3-8H,1-2H3/b15-8+. The molecule has 1 heterocycles. The molecule has 0 saturated carbocycles. The van der Waals surface area contributed by atoms with E-state index in [-0.39, 0.29) is 5.56 Å². The number of aromatic nitrogens is 2. The first-order valence-corrected chi connectivity index (χ1v) is 6.35. The molecule has 1 aromatic heterocycles. The summed E-state index contributed by atoms with van der Waals surface area (Å²) in [4.78, 5) is 27.5. The van der Waals surface area contributed by atoms with Gasteiger partial charge >= 0.3 is 5.69 Å². The number of hydrogen-bond donors (Lipinski definition) is 0. The first-order valence-electron chi connectivity index (χ1n) is 5.56. The zero-order valence-corrected chi connectivity index (χ0v) is 12.1. The van der Waals surface area contributed by atoms with Crippen molar-refractivity contribution in [2.75, 3.05) is 0 Å². The quantitative estimate of drug-likeness (QED) is 0.789. The minimum atomic E-state index is -0.397. The minimum absolute atomic E-state index is 0.323. The molecule has 2 rings (SSSR count). The van der Waals surface area contributed by atoms with E-state index < -0.39 is 5.69 Å². The van der Waals surface area contributed by atoms with Gasteiger partial charge in [-0.1, -0.05) is 34.1 Å². The maximum absolute atomic E-state index is 11.7. The molecule has 0 spiro atoms. The molecule has 5 nitrogen and oxygen atoms in total. The topological polar surface area (TPSA) is 56.4 Å². The van der Waals surface area contributed by atoms with Crippen molar-refractivity contribution in [3.05, 3.63) is 61.2 Å². The van der Waals surface area contributed by atoms with Crippen molar-refractivity contribution < 1.29 is 0 Å². The fourth-order valence-electron chi connectivity index (χ4n) is 1.56. The number of rotatable bonds is 2. The van der Waals surface area contributed by atoms with Crippen LogP contribution in [0, 0.1) is 0 Å². The number of hydrogen-bond acceptors (Lipinski definition) is 3. The number of nitrogens with zero attached hydrogens (tertiary/aromatic N) is 3. The number of benzene rings is 1. The molecule has 1 aromatic carbocycles. The molecule has 0 aliphatic heterocycles. The molecule has 0 aliphatic carbocycles. The maximum Gasteiger partial charge on any atom is 0.332 e. The fraction of sp³-hybridized carbons (Fsp3) is 0.154. The monoisotopic (exact) mass is 321 g/mol. The van der Waals surface area contributed by atoms with Gasteiger partial charge in [0.05, 0.1) is 0 Å². The molecular weight excluding hydrogens is 310 g/mol. The van der Waals surface area contributed by atoms with Crippen molar-refractivity contribution in [1.82, 2.24) is 9.13 Å². The van der Waals surface area contributed by atoms with Gasteiger partial charge in [-0.2, -0.15) is 0 Å². The van der Waals surface area contributed by atoms with E-state index in [1.54, 1.807) is 13.3 Å². The van der Waals surface area contributed by atoms with Gasteiger partial charge in [0, 0.05) is 36.4 Å². The van der Waals surface area contributed by atoms with E-state index in [0.29, 0.717) is 5.82 Å². The summed E-state index contributed by atoms with van der Waals surface area (Å²) in [5.74, 6) is 0.323. The minimum Gasteiger partial charge on any atom is -0.281 e. The molecule has 6 heteroatoms. The predicted octanol–water partition coefficient (Wildman–Crippen LogP) is 1.60. The molecule has 19 heavy (non-hydrogen) atoms. The lowest BCUT2D eigenvalue weighted by Crippen LogP contribution is -2.35. The van der Waals surface area contributed by atoms with Gasteiger partial charge < -0.3 is 0 Å². The largest absolute Gasteiger partial charge is 0.332 e. The third kappa shape index (κ3) is 2.73. The van der Waals surface area contributed by atoms with Crippen molar-refractivity contribution in [3.63, 3.8) is 0 Å². The molecule has 0 radical (unpaired) electrons. The van der Waals surface area contributed by atoms with Crippen LogP contribution in [0.3, 0.4) is 0 Å². The highest BCUT2D eigenvalue weighted by molar-refractivity contribution is 9.10. The van der Waals surface area contributed by atoms with Crippen molar-refractivity contribution in [2.24, 2.45) is 19.1 Å². The van der Waals surface area contributed by atoms with Crippen LogP contribution in [0.2, 0.25) is 0 Å². The van der Waals surface area contributed by atoms with Crippen molar-refractivity contribution in [2.45, 2.75) is 0 Å². The molecule has 0 amide bonds. The second-order valence-corrected chi connectivity index (χ2v) is 4.88. The Balaban J connectivity index is 2.48. The Kier molecular flexibility index (Phi) is 3.80. The Morgan fingerprint density at radius 3 is 2.53 bits per heavy atom. The molecule has 0 saturated heterocycles. The molecule has 0 bridgehead atoms. The van der Waals surface area contributed by atoms with Crippen molar-refractivity contribution in [1.29, 1.82) is 0 Å². The average Bonchev–Trinajstić information content (AvgIpc) is 2.40. The van der Waals surface area contributed by atoms with E-state index in [4.69, 9.17) is 0 Å². The van der Waals surface area contributed by atoms with E-state index in [0.717, 1.165) is 14.6 Å². The zero-order chi connectivity index (χ0) is 14.0. The summed E-state index contributed by atoms with van der Waals surface area (Å²) in [5, 5.41) is 0. The molecule has 0 unspecified atom stereocenters. The van der Waals surface area contributed by atoms with Gasteiger partial charge in [-0.25, -0.2) is 9.79 Å². The van der Waals surface area contributed by atoms with Crippen LogP contribution in [0.25, 0.3) is 0 Å². The molecule has 2 aromatic rings. The van der Waals surface area contributed by atoms with Gasteiger partial charge in [0.2, 0.25) is 0 Å². The van der Waals surface area contributed by atoms with Gasteiger partial charge in [0.25, 0.3) is 5.56 Å². The normalized spacial score (nSPS) is 11.1. The van der Waals surface area contributed by atoms with Crippen LogP contribution in [-0.2, 0) is 14.1 Å². The molecule has 0 fully saturated rings. The third-order valence-corrected chi connectivity index (χ3v) is 3.46. The van der Waals surface area contributed by atoms with Gasteiger partial charge in [-0.15, -0.1) is 0 Å². The zero-order valence-electron chi connectivity index (χ0n) is 10.5. The Morgan fingerprint density at radius 1 is 1.16 bits per heavy atom. The second kappa shape index (κ2) is 5.36. The molecule has 0 atom stereocenters. The van der Waals surface area contributed by atoms with Gasteiger partial charge in [0.15, 0.2) is 0 Å². The second-order valence-electron chi connectivity index (χ2n) is 4.02. The Hall–Kier alpha value is -1.95. The molecule has 0 N–H and O–H groups in total. The Labute approximate surface area is 118 Å². The maximum atomic E-state index is 11.7. The lowest BCUT2D eigenvalue weighted by molar-refractivity contribution is 0.689. The Morgan fingerprint density at radius 2 is 1.84 bits per heavy atom. The summed E-state index contributed by atoms with van der Waals surface area (Å²) in [7, 11) is 3.01. The predicted molar refractivity (Wildman–Crippen MR) is 78.3 cm³/mol. The summed E-state index contributed by atoms with van der Waals surface area (Å²) < 4.78 is 3.26. The SMILES string of the molecule is Cn1c(/N=C/c2ccccc2Br)cc(=O)n(C)c1=O. The first kappa shape index (κ1) is 13.5. The van der Waals surface area contributed by atoms with Crippen LogP contribution in [-0.4, -0.2) is 15.3 Å². The van der Waals surface area contributed by atoms with Crippen LogP contribution in [0.15, 0.2) is 49.4 Å². The van der Waals surface area contributed by atoms with Crippen LogP contribution in [0.1, 0.15) is 5.56 Å². The van der Waals surface area contributed by atoms with E-state index in [2.05, 4.69) is 20.9 Å². The highest BCUT2D eigenvalue weighted by Crippen LogP contribution is 2.14. The van der Waals surface area contributed by atoms with Crippen molar-refractivity contribution in [3.8, 4) is 0 Å². The van der Waals surface area contributed by atoms with E-state index in [1.165, 1.54) is 17.7 Å². The fourth-order valence-corrected chi connectivity index (χ4v) is 1.95. The number of halogens is 1. The van der Waals surface area contributed by atoms with Gasteiger partial charge in [-0.3, -0.25) is 13.9 Å². The smallest absolute Gasteiger partial charge is 0.281 e. The van der Waals surface area contributed by atoms with Gasteiger partial charge in [0.1, 0.15) is 5.82 Å². The summed E-state index contributed by atoms with van der Waals surface area (Å²) in [6, 6.07) is 8.89. The summed E-state index contributed by atoms with van der Waals surface area (Å²) >= 11 is 3.40. The average molecular weight is 322 g/mol. The first-order chi connectivity index (χ1) is 9.00. The summed E-state index contributed by atoms with van der Waals surface area (Å²) in [6.07, 6.45) is 1.61. The third-order valence-electron chi connectivity index (χ3n) is 2.74. The van der Waals surface area contributed by atoms with Crippen LogP contribution in [0.5, 0.6) is 0 Å². The van der Waals surface area contributed by atoms with Crippen LogP contribution >= 0.6 is 15.9 Å². The lowest BCUT2D eigenvalue weighted by Gasteiger charge is -2.04. The Bertz CT molecular complexity index is 759. The molecule has 98 valence electrons. The van der Waals surface area contributed by atoms with Gasteiger partial charge in [-0.05, 0) is 6.07 Å². The van der Waals surface area contributed by atoms with Crippen LogP contribution in [0.4, 0.5) is 5.82 Å². The highest BCUT2D eigenvalue weighted by atomic mass is 79.9. The van der Waals surface area contributed by atoms with E-state index >= 15 is 0 Å². The summed E-state index contributed by atoms with van der Waals surface area (Å²) in [5.41, 5.74) is 0.102. The summed E-state index contributed by atoms with van der Waals surface area (Å²) in [6.45, 7) is 0.